The molecule has 16 heteroatoms. The fourth-order valence-corrected chi connectivity index (χ4v) is 6.17. The number of nitrogens with zero attached hydrogens (tertiary/aromatic N) is 4. The van der Waals surface area contributed by atoms with Crippen molar-refractivity contribution in [2.75, 3.05) is 13.4 Å². The molecular weight excluding hydrogens is 735 g/mol. The van der Waals surface area contributed by atoms with Crippen LogP contribution in [0.4, 0.5) is 26.3 Å². The number of carbonyl (C=O) groups excluding carboxylic acids is 2. The topological polar surface area (TPSA) is 108 Å². The number of phenolic OH excluding ortho intramolecular Hbond substituents is 1. The number of benzene rings is 4. The van der Waals surface area contributed by atoms with Crippen LogP contribution in [0, 0.1) is 0 Å². The van der Waals surface area contributed by atoms with Crippen LogP contribution < -0.4 is 4.74 Å². The minimum absolute atomic E-state index is 0.00119. The van der Waals surface area contributed by atoms with E-state index in [2.05, 4.69) is 29.8 Å². The minimum Gasteiger partial charge on any atom is -0.508 e. The Morgan fingerprint density at radius 2 is 1.20 bits per heavy atom. The van der Waals surface area contributed by atoms with Gasteiger partial charge in [0.05, 0.1) is 35.2 Å². The number of alkyl halides is 6. The van der Waals surface area contributed by atoms with Crippen molar-refractivity contribution in [3.05, 3.63) is 119 Å². The number of carbonyl (C=O) groups is 2. The number of rotatable bonds is 12. The van der Waals surface area contributed by atoms with Gasteiger partial charge in [-0.2, -0.15) is 36.5 Å². The maximum absolute atomic E-state index is 13.7. The van der Waals surface area contributed by atoms with Gasteiger partial charge in [0, 0.05) is 49.0 Å². The van der Waals surface area contributed by atoms with Gasteiger partial charge in [-0.3, -0.25) is 19.0 Å². The number of hydrogen-bond donors (Lipinski definition) is 1. The van der Waals surface area contributed by atoms with Gasteiger partial charge in [0.1, 0.15) is 24.1 Å². The molecule has 0 saturated carbocycles. The lowest BCUT2D eigenvalue weighted by Gasteiger charge is -2.17. The van der Waals surface area contributed by atoms with Crippen molar-refractivity contribution >= 4 is 42.5 Å². The first-order valence-corrected chi connectivity index (χ1v) is 20.3. The van der Waals surface area contributed by atoms with E-state index in [0.29, 0.717) is 58.2 Å². The highest BCUT2D eigenvalue weighted by atomic mass is 28.3. The number of fused-ring (bicyclic) bond motifs is 2. The highest BCUT2D eigenvalue weighted by Gasteiger charge is 2.35. The van der Waals surface area contributed by atoms with Crippen molar-refractivity contribution in [2.45, 2.75) is 51.1 Å². The molecule has 6 rings (SSSR count). The molecule has 0 saturated heterocycles. The van der Waals surface area contributed by atoms with Gasteiger partial charge < -0.3 is 14.6 Å². The normalized spacial score (nSPS) is 12.1. The molecule has 0 aliphatic heterocycles. The molecule has 0 fully saturated rings. The summed E-state index contributed by atoms with van der Waals surface area (Å²) in [6.07, 6.45) is -4.49. The standard InChI is InChI=1S/C22H25F3N2O3Si.C16H11F3N2O2/c1-31(2,3)9-8-29-15-30-19-6-5-17(20(11-19)22(23,24)25)12-27-13-18-10-16(14-28)4-7-21(18)26-27;17-16(18,19)14-6-13(23)3-2-11(14)7-21-8-12-5-10(9-22)1-4-15(12)20-21/h4-7,10-11,13-14H,8-9,12,15H2,1-3H3;1-6,8-9,23H,7H2. The van der Waals surface area contributed by atoms with E-state index in [1.165, 1.54) is 33.6 Å². The molecule has 0 amide bonds. The number of aromatic nitrogens is 4. The smallest absolute Gasteiger partial charge is 0.416 e. The van der Waals surface area contributed by atoms with Gasteiger partial charge in [0.15, 0.2) is 6.79 Å². The van der Waals surface area contributed by atoms with E-state index in [4.69, 9.17) is 9.47 Å². The van der Waals surface area contributed by atoms with Crippen molar-refractivity contribution in [1.82, 2.24) is 19.6 Å². The van der Waals surface area contributed by atoms with Crippen molar-refractivity contribution < 1.29 is 50.5 Å². The number of ether oxygens (including phenoxy) is 2. The van der Waals surface area contributed by atoms with Crippen LogP contribution in [0.2, 0.25) is 25.7 Å². The third kappa shape index (κ3) is 10.6. The van der Waals surface area contributed by atoms with Crippen molar-refractivity contribution in [2.24, 2.45) is 0 Å². The number of halogens is 6. The summed E-state index contributed by atoms with van der Waals surface area (Å²) in [7, 11) is -1.24. The number of aromatic hydroxyl groups is 1. The molecule has 0 unspecified atom stereocenters. The summed E-state index contributed by atoms with van der Waals surface area (Å²) >= 11 is 0. The van der Waals surface area contributed by atoms with E-state index < -0.39 is 37.3 Å². The molecule has 0 aliphatic rings. The first kappa shape index (κ1) is 39.7. The molecule has 0 atom stereocenters. The number of aldehydes is 2. The van der Waals surface area contributed by atoms with Crippen LogP contribution in [-0.2, 0) is 30.2 Å². The van der Waals surface area contributed by atoms with Crippen LogP contribution in [0.1, 0.15) is 43.0 Å². The Morgan fingerprint density at radius 1 is 0.704 bits per heavy atom. The first-order valence-electron chi connectivity index (χ1n) is 16.6. The molecule has 6 aromatic rings. The van der Waals surface area contributed by atoms with Crippen molar-refractivity contribution in [3.63, 3.8) is 0 Å². The second kappa shape index (κ2) is 16.3. The molecule has 284 valence electrons. The van der Waals surface area contributed by atoms with E-state index in [-0.39, 0.29) is 36.8 Å². The van der Waals surface area contributed by atoms with Crippen LogP contribution in [0.25, 0.3) is 21.8 Å². The highest BCUT2D eigenvalue weighted by Crippen LogP contribution is 2.36. The second-order valence-electron chi connectivity index (χ2n) is 13.7. The predicted octanol–water partition coefficient (Wildman–Crippen LogP) is 9.23. The SMILES string of the molecule is C[Si](C)(C)CCOCOc1ccc(Cn2cc3cc(C=O)ccc3n2)c(C(F)(F)F)c1.O=Cc1ccc2nn(Cc3ccc(O)cc3C(F)(F)F)cc2c1. The van der Waals surface area contributed by atoms with E-state index in [9.17, 15) is 41.0 Å². The zero-order chi connectivity index (χ0) is 39.3. The first-order chi connectivity index (χ1) is 25.4. The Balaban J connectivity index is 0.000000217. The van der Waals surface area contributed by atoms with E-state index in [0.717, 1.165) is 12.1 Å². The minimum atomic E-state index is -4.56. The monoisotopic (exact) mass is 770 g/mol. The van der Waals surface area contributed by atoms with Gasteiger partial charge in [-0.05, 0) is 77.8 Å². The van der Waals surface area contributed by atoms with Gasteiger partial charge >= 0.3 is 12.4 Å². The zero-order valence-electron chi connectivity index (χ0n) is 29.4. The maximum Gasteiger partial charge on any atom is 0.416 e. The van der Waals surface area contributed by atoms with E-state index >= 15 is 0 Å². The molecule has 0 radical (unpaired) electrons. The second-order valence-corrected chi connectivity index (χ2v) is 19.3. The Kier molecular flexibility index (Phi) is 12.0. The average molecular weight is 771 g/mol. The maximum atomic E-state index is 13.7. The average Bonchev–Trinajstić information content (AvgIpc) is 3.70. The predicted molar refractivity (Wildman–Crippen MR) is 193 cm³/mol. The van der Waals surface area contributed by atoms with Gasteiger partial charge in [0.25, 0.3) is 0 Å². The zero-order valence-corrected chi connectivity index (χ0v) is 30.4. The van der Waals surface area contributed by atoms with Gasteiger partial charge in [-0.1, -0.05) is 31.8 Å². The lowest BCUT2D eigenvalue weighted by Crippen LogP contribution is -2.22. The molecule has 4 aromatic carbocycles. The lowest BCUT2D eigenvalue weighted by atomic mass is 10.1. The Morgan fingerprint density at radius 3 is 1.69 bits per heavy atom. The summed E-state index contributed by atoms with van der Waals surface area (Å²) < 4.78 is 93.7. The molecule has 2 heterocycles. The van der Waals surface area contributed by atoms with Crippen LogP contribution in [0.3, 0.4) is 0 Å². The third-order valence-electron chi connectivity index (χ3n) is 8.18. The fourth-order valence-electron chi connectivity index (χ4n) is 5.41. The van der Waals surface area contributed by atoms with Gasteiger partial charge in [-0.15, -0.1) is 0 Å². The lowest BCUT2D eigenvalue weighted by molar-refractivity contribution is -0.139. The Labute approximate surface area is 306 Å². The summed E-state index contributed by atoms with van der Waals surface area (Å²) in [5.41, 5.74) is 0.541. The molecule has 54 heavy (non-hydrogen) atoms. The van der Waals surface area contributed by atoms with Crippen LogP contribution >= 0.6 is 0 Å². The molecule has 2 aromatic heterocycles. The summed E-state index contributed by atoms with van der Waals surface area (Å²) in [5.74, 6) is -0.340. The Hall–Kier alpha value is -5.48. The number of phenols is 1. The summed E-state index contributed by atoms with van der Waals surface area (Å²) in [6.45, 7) is 6.93. The quantitative estimate of drug-likeness (QED) is 0.0435. The van der Waals surface area contributed by atoms with Crippen LogP contribution in [0.15, 0.2) is 85.2 Å². The summed E-state index contributed by atoms with van der Waals surface area (Å²) in [6, 6.07) is 17.7. The molecular formula is C38H36F6N4O5Si. The van der Waals surface area contributed by atoms with E-state index in [1.807, 2.05) is 0 Å². The third-order valence-corrected chi connectivity index (χ3v) is 9.88. The van der Waals surface area contributed by atoms with Crippen molar-refractivity contribution in [1.29, 1.82) is 0 Å². The highest BCUT2D eigenvalue weighted by molar-refractivity contribution is 6.76. The molecule has 0 bridgehead atoms. The Bertz CT molecular complexity index is 2260. The van der Waals surface area contributed by atoms with Crippen molar-refractivity contribution in [3.8, 4) is 11.5 Å². The van der Waals surface area contributed by atoms with Gasteiger partial charge in [0.2, 0.25) is 0 Å². The molecule has 1 N–H and O–H groups in total. The summed E-state index contributed by atoms with van der Waals surface area (Å²) in [4.78, 5) is 21.7. The van der Waals surface area contributed by atoms with Gasteiger partial charge in [-0.25, -0.2) is 0 Å². The molecule has 0 spiro atoms. The largest absolute Gasteiger partial charge is 0.508 e. The fraction of sp³-hybridized carbons (Fsp3) is 0.263. The summed E-state index contributed by atoms with van der Waals surface area (Å²) in [5, 5.41) is 19.1. The molecule has 9 nitrogen and oxygen atoms in total. The molecule has 0 aliphatic carbocycles. The van der Waals surface area contributed by atoms with Crippen LogP contribution in [-0.4, -0.2) is 58.7 Å². The number of hydrogen-bond acceptors (Lipinski definition) is 7. The van der Waals surface area contributed by atoms with E-state index in [1.54, 1.807) is 48.8 Å². The van der Waals surface area contributed by atoms with Crippen LogP contribution in [0.5, 0.6) is 11.5 Å².